The highest BCUT2D eigenvalue weighted by Gasteiger charge is 2.18. The number of aryl methyl sites for hydroxylation is 1. The molecule has 4 heteroatoms. The minimum Gasteiger partial charge on any atom is -0.458 e. The molecule has 0 aliphatic heterocycles. The maximum Gasteiger partial charge on any atom is 0.153 e. The summed E-state index contributed by atoms with van der Waals surface area (Å²) in [6.45, 7) is 0. The van der Waals surface area contributed by atoms with Crippen LogP contribution in [0, 0.1) is 0 Å². The maximum absolute atomic E-state index is 10.2. The lowest BCUT2D eigenvalue weighted by molar-refractivity contribution is 0.184. The van der Waals surface area contributed by atoms with Gasteiger partial charge in [-0.25, -0.2) is 4.98 Å². The molecule has 0 amide bonds. The predicted octanol–water partition coefficient (Wildman–Crippen LogP) is 2.25. The van der Waals surface area contributed by atoms with E-state index in [9.17, 15) is 5.11 Å². The van der Waals surface area contributed by atoms with Crippen molar-refractivity contribution in [1.82, 2.24) is 9.55 Å². The maximum atomic E-state index is 10.2. The van der Waals surface area contributed by atoms with Gasteiger partial charge in [-0.15, -0.1) is 0 Å². The molecular formula is C13H12N2O2. The van der Waals surface area contributed by atoms with Crippen LogP contribution in [0.2, 0.25) is 0 Å². The Morgan fingerprint density at radius 3 is 2.88 bits per heavy atom. The largest absolute Gasteiger partial charge is 0.458 e. The van der Waals surface area contributed by atoms with Crippen LogP contribution >= 0.6 is 0 Å². The quantitative estimate of drug-likeness (QED) is 0.731. The van der Waals surface area contributed by atoms with Gasteiger partial charge in [-0.1, -0.05) is 18.2 Å². The number of rotatable bonds is 2. The summed E-state index contributed by atoms with van der Waals surface area (Å²) >= 11 is 0. The SMILES string of the molecule is Cn1cncc1C(O)c1cc2ccccc2o1. The molecule has 0 saturated heterocycles. The standard InChI is InChI=1S/C13H12N2O2/c1-15-8-14-7-10(15)13(16)12-6-9-4-2-3-5-11(9)17-12/h2-8,13,16H,1H3. The van der Waals surface area contributed by atoms with Gasteiger partial charge in [0.1, 0.15) is 11.3 Å². The third-order valence-electron chi connectivity index (χ3n) is 2.85. The van der Waals surface area contributed by atoms with Crippen molar-refractivity contribution in [3.63, 3.8) is 0 Å². The molecular weight excluding hydrogens is 216 g/mol. The molecule has 4 nitrogen and oxygen atoms in total. The summed E-state index contributed by atoms with van der Waals surface area (Å²) in [6, 6.07) is 9.55. The minimum atomic E-state index is -0.783. The van der Waals surface area contributed by atoms with Crippen LogP contribution in [-0.2, 0) is 7.05 Å². The Labute approximate surface area is 98.1 Å². The van der Waals surface area contributed by atoms with E-state index >= 15 is 0 Å². The van der Waals surface area contributed by atoms with E-state index < -0.39 is 6.10 Å². The van der Waals surface area contributed by atoms with E-state index in [1.54, 1.807) is 17.1 Å². The molecule has 1 atom stereocenters. The third-order valence-corrected chi connectivity index (χ3v) is 2.85. The van der Waals surface area contributed by atoms with Gasteiger partial charge >= 0.3 is 0 Å². The number of para-hydroxylation sites is 1. The van der Waals surface area contributed by atoms with Crippen LogP contribution in [0.15, 0.2) is 47.3 Å². The van der Waals surface area contributed by atoms with Gasteiger partial charge in [-0.3, -0.25) is 0 Å². The van der Waals surface area contributed by atoms with Crippen molar-refractivity contribution in [3.8, 4) is 0 Å². The summed E-state index contributed by atoms with van der Waals surface area (Å²) < 4.78 is 7.39. The molecule has 0 aliphatic rings. The number of aliphatic hydroxyl groups is 1. The van der Waals surface area contributed by atoms with Gasteiger partial charge in [0.15, 0.2) is 6.10 Å². The van der Waals surface area contributed by atoms with Crippen molar-refractivity contribution in [3.05, 3.63) is 54.3 Å². The number of fused-ring (bicyclic) bond motifs is 1. The number of benzene rings is 1. The Hall–Kier alpha value is -2.07. The molecule has 3 rings (SSSR count). The number of hydrogen-bond donors (Lipinski definition) is 1. The zero-order chi connectivity index (χ0) is 11.8. The highest BCUT2D eigenvalue weighted by atomic mass is 16.4. The zero-order valence-corrected chi connectivity index (χ0v) is 9.37. The first-order valence-corrected chi connectivity index (χ1v) is 5.38. The van der Waals surface area contributed by atoms with Crippen LogP contribution in [-0.4, -0.2) is 14.7 Å². The second-order valence-corrected chi connectivity index (χ2v) is 4.02. The summed E-state index contributed by atoms with van der Waals surface area (Å²) in [5, 5.41) is 11.2. The van der Waals surface area contributed by atoms with Crippen molar-refractivity contribution >= 4 is 11.0 Å². The van der Waals surface area contributed by atoms with Crippen LogP contribution in [0.5, 0.6) is 0 Å². The summed E-state index contributed by atoms with van der Waals surface area (Å²) in [7, 11) is 1.84. The van der Waals surface area contributed by atoms with Crippen molar-refractivity contribution in [2.24, 2.45) is 7.05 Å². The van der Waals surface area contributed by atoms with Crippen LogP contribution in [0.3, 0.4) is 0 Å². The Morgan fingerprint density at radius 2 is 2.18 bits per heavy atom. The van der Waals surface area contributed by atoms with Gasteiger partial charge in [0, 0.05) is 12.4 Å². The van der Waals surface area contributed by atoms with Crippen molar-refractivity contribution in [2.75, 3.05) is 0 Å². The highest BCUT2D eigenvalue weighted by Crippen LogP contribution is 2.27. The van der Waals surface area contributed by atoms with E-state index in [1.165, 1.54) is 0 Å². The van der Waals surface area contributed by atoms with E-state index in [-0.39, 0.29) is 0 Å². The van der Waals surface area contributed by atoms with Gasteiger partial charge in [-0.2, -0.15) is 0 Å². The fourth-order valence-corrected chi connectivity index (χ4v) is 1.91. The Kier molecular flexibility index (Phi) is 2.23. The molecule has 1 N–H and O–H groups in total. The van der Waals surface area contributed by atoms with E-state index in [0.717, 1.165) is 11.0 Å². The van der Waals surface area contributed by atoms with E-state index in [0.29, 0.717) is 11.5 Å². The van der Waals surface area contributed by atoms with Gasteiger partial charge in [0.05, 0.1) is 18.2 Å². The normalized spacial score (nSPS) is 13.1. The van der Waals surface area contributed by atoms with E-state index in [4.69, 9.17) is 4.42 Å². The lowest BCUT2D eigenvalue weighted by Gasteiger charge is -2.07. The molecule has 0 spiro atoms. The van der Waals surface area contributed by atoms with E-state index in [2.05, 4.69) is 4.98 Å². The first kappa shape index (κ1) is 10.1. The molecule has 1 aromatic carbocycles. The summed E-state index contributed by atoms with van der Waals surface area (Å²) in [5.74, 6) is 0.537. The summed E-state index contributed by atoms with van der Waals surface area (Å²) in [5.41, 5.74) is 1.49. The number of hydrogen-bond acceptors (Lipinski definition) is 3. The molecule has 17 heavy (non-hydrogen) atoms. The number of aliphatic hydroxyl groups excluding tert-OH is 1. The molecule has 0 aliphatic carbocycles. The van der Waals surface area contributed by atoms with Crippen LogP contribution < -0.4 is 0 Å². The molecule has 1 unspecified atom stereocenters. The molecule has 3 aromatic rings. The van der Waals surface area contributed by atoms with Gasteiger partial charge < -0.3 is 14.1 Å². The molecule has 0 fully saturated rings. The van der Waals surface area contributed by atoms with Crippen molar-refractivity contribution in [1.29, 1.82) is 0 Å². The Balaban J connectivity index is 2.07. The highest BCUT2D eigenvalue weighted by molar-refractivity contribution is 5.77. The first-order chi connectivity index (χ1) is 8.25. The third kappa shape index (κ3) is 1.62. The fraction of sp³-hybridized carbons (Fsp3) is 0.154. The number of furan rings is 1. The number of aromatic nitrogens is 2. The second-order valence-electron chi connectivity index (χ2n) is 4.02. The van der Waals surface area contributed by atoms with E-state index in [1.807, 2.05) is 37.4 Å². The van der Waals surface area contributed by atoms with Crippen molar-refractivity contribution < 1.29 is 9.52 Å². The zero-order valence-electron chi connectivity index (χ0n) is 9.37. The number of imidazole rings is 1. The molecule has 0 radical (unpaired) electrons. The number of nitrogens with zero attached hydrogens (tertiary/aromatic N) is 2. The minimum absolute atomic E-state index is 0.537. The second kappa shape index (κ2) is 3.75. The predicted molar refractivity (Wildman–Crippen MR) is 63.5 cm³/mol. The topological polar surface area (TPSA) is 51.2 Å². The smallest absolute Gasteiger partial charge is 0.153 e. The van der Waals surface area contributed by atoms with Gasteiger partial charge in [0.25, 0.3) is 0 Å². The van der Waals surface area contributed by atoms with Gasteiger partial charge in [0.2, 0.25) is 0 Å². The van der Waals surface area contributed by atoms with Crippen LogP contribution in [0.1, 0.15) is 17.6 Å². The fourth-order valence-electron chi connectivity index (χ4n) is 1.91. The average Bonchev–Trinajstić information content (AvgIpc) is 2.93. The Morgan fingerprint density at radius 1 is 1.35 bits per heavy atom. The molecule has 0 bridgehead atoms. The summed E-state index contributed by atoms with van der Waals surface area (Å²) in [6.07, 6.45) is 2.51. The van der Waals surface area contributed by atoms with Crippen LogP contribution in [0.25, 0.3) is 11.0 Å². The first-order valence-electron chi connectivity index (χ1n) is 5.38. The lowest BCUT2D eigenvalue weighted by Crippen LogP contribution is -2.03. The summed E-state index contributed by atoms with van der Waals surface area (Å²) in [4.78, 5) is 3.98. The average molecular weight is 228 g/mol. The monoisotopic (exact) mass is 228 g/mol. The molecule has 2 heterocycles. The van der Waals surface area contributed by atoms with Gasteiger partial charge in [-0.05, 0) is 12.1 Å². The molecule has 0 saturated carbocycles. The van der Waals surface area contributed by atoms with Crippen LogP contribution in [0.4, 0.5) is 0 Å². The van der Waals surface area contributed by atoms with Crippen molar-refractivity contribution in [2.45, 2.75) is 6.10 Å². The molecule has 2 aromatic heterocycles. The lowest BCUT2D eigenvalue weighted by atomic mass is 10.2. The Bertz CT molecular complexity index is 621. The molecule has 86 valence electrons.